The van der Waals surface area contributed by atoms with E-state index in [1.165, 1.54) is 18.3 Å². The molecular weight excluding hydrogens is 297 g/mol. The van der Waals surface area contributed by atoms with E-state index in [2.05, 4.69) is 4.98 Å². The Morgan fingerprint density at radius 1 is 1.11 bits per heavy atom. The van der Waals surface area contributed by atoms with Crippen LogP contribution < -0.4 is 4.74 Å². The predicted octanol–water partition coefficient (Wildman–Crippen LogP) is 3.45. The number of benzene rings is 1. The molecular formula is C11H7Cl2NO3S. The molecule has 0 saturated heterocycles. The zero-order chi connectivity index (χ0) is 13.2. The van der Waals surface area contributed by atoms with Gasteiger partial charge in [-0.2, -0.15) is 0 Å². The molecule has 4 nitrogen and oxygen atoms in total. The Morgan fingerprint density at radius 2 is 1.78 bits per heavy atom. The van der Waals surface area contributed by atoms with Gasteiger partial charge in [-0.05, 0) is 36.4 Å². The maximum absolute atomic E-state index is 11.3. The molecule has 2 rings (SSSR count). The highest BCUT2D eigenvalue weighted by Gasteiger charge is 2.18. The van der Waals surface area contributed by atoms with Crippen molar-refractivity contribution < 1.29 is 13.2 Å². The van der Waals surface area contributed by atoms with Crippen LogP contribution >= 0.6 is 22.3 Å². The lowest BCUT2D eigenvalue weighted by Crippen LogP contribution is -1.97. The van der Waals surface area contributed by atoms with Crippen molar-refractivity contribution in [1.29, 1.82) is 0 Å². The molecule has 0 fully saturated rings. The monoisotopic (exact) mass is 303 g/mol. The molecule has 94 valence electrons. The van der Waals surface area contributed by atoms with Crippen LogP contribution in [-0.2, 0) is 9.05 Å². The molecule has 1 aromatic heterocycles. The van der Waals surface area contributed by atoms with Crippen LogP contribution in [0.25, 0.3) is 0 Å². The van der Waals surface area contributed by atoms with Crippen LogP contribution in [0.5, 0.6) is 11.6 Å². The Kier molecular flexibility index (Phi) is 3.75. The largest absolute Gasteiger partial charge is 0.438 e. The molecule has 7 heteroatoms. The molecule has 2 aromatic rings. The van der Waals surface area contributed by atoms with Gasteiger partial charge in [-0.3, -0.25) is 0 Å². The van der Waals surface area contributed by atoms with E-state index in [-0.39, 0.29) is 10.8 Å². The van der Waals surface area contributed by atoms with Gasteiger partial charge in [0.25, 0.3) is 9.05 Å². The number of halogens is 2. The maximum Gasteiger partial charge on any atom is 0.266 e. The molecule has 0 spiro atoms. The van der Waals surface area contributed by atoms with Gasteiger partial charge in [0.1, 0.15) is 10.6 Å². The lowest BCUT2D eigenvalue weighted by Gasteiger charge is -2.07. The fourth-order valence-electron chi connectivity index (χ4n) is 1.25. The van der Waals surface area contributed by atoms with Gasteiger partial charge in [0.15, 0.2) is 0 Å². The smallest absolute Gasteiger partial charge is 0.266 e. The summed E-state index contributed by atoms with van der Waals surface area (Å²) in [6.07, 6.45) is 1.41. The highest BCUT2D eigenvalue weighted by Crippen LogP contribution is 2.28. The Bertz CT molecular complexity index is 656. The van der Waals surface area contributed by atoms with Crippen molar-refractivity contribution in [3.8, 4) is 11.6 Å². The van der Waals surface area contributed by atoms with E-state index >= 15 is 0 Å². The van der Waals surface area contributed by atoms with Gasteiger partial charge in [0.05, 0.1) is 0 Å². The van der Waals surface area contributed by atoms with E-state index in [0.29, 0.717) is 10.8 Å². The molecule has 1 aromatic carbocycles. The molecule has 0 aliphatic rings. The van der Waals surface area contributed by atoms with E-state index in [0.717, 1.165) is 0 Å². The SMILES string of the molecule is O=S(=O)(Cl)c1cccnc1Oc1ccc(Cl)cc1. The second-order valence-electron chi connectivity index (χ2n) is 3.30. The summed E-state index contributed by atoms with van der Waals surface area (Å²) in [4.78, 5) is 3.66. The molecule has 0 amide bonds. The lowest BCUT2D eigenvalue weighted by atomic mass is 10.3. The minimum absolute atomic E-state index is 0.0742. The molecule has 0 aliphatic heterocycles. The van der Waals surface area contributed by atoms with Gasteiger partial charge in [0, 0.05) is 21.9 Å². The summed E-state index contributed by atoms with van der Waals surface area (Å²) in [7, 11) is 1.38. The van der Waals surface area contributed by atoms with E-state index in [1.807, 2.05) is 0 Å². The van der Waals surface area contributed by atoms with Crippen molar-refractivity contribution in [3.05, 3.63) is 47.6 Å². The molecule has 0 atom stereocenters. The number of aromatic nitrogens is 1. The third-order valence-electron chi connectivity index (χ3n) is 2.03. The van der Waals surface area contributed by atoms with Gasteiger partial charge in [-0.15, -0.1) is 0 Å². The molecule has 0 unspecified atom stereocenters. The average molecular weight is 304 g/mol. The van der Waals surface area contributed by atoms with Crippen molar-refractivity contribution in [2.45, 2.75) is 4.90 Å². The fraction of sp³-hybridized carbons (Fsp3) is 0. The number of hydrogen-bond donors (Lipinski definition) is 0. The van der Waals surface area contributed by atoms with Crippen LogP contribution in [0, 0.1) is 0 Å². The van der Waals surface area contributed by atoms with Crippen LogP contribution in [-0.4, -0.2) is 13.4 Å². The molecule has 1 heterocycles. The first-order chi connectivity index (χ1) is 8.47. The number of ether oxygens (including phenoxy) is 1. The molecule has 0 aliphatic carbocycles. The Balaban J connectivity index is 2.38. The minimum Gasteiger partial charge on any atom is -0.438 e. The maximum atomic E-state index is 11.3. The quantitative estimate of drug-likeness (QED) is 0.815. The molecule has 18 heavy (non-hydrogen) atoms. The molecule has 0 radical (unpaired) electrons. The lowest BCUT2D eigenvalue weighted by molar-refractivity contribution is 0.448. The van der Waals surface area contributed by atoms with E-state index in [1.54, 1.807) is 24.3 Å². The van der Waals surface area contributed by atoms with Crippen molar-refractivity contribution in [2.75, 3.05) is 0 Å². The minimum atomic E-state index is -3.90. The zero-order valence-electron chi connectivity index (χ0n) is 8.88. The third kappa shape index (κ3) is 3.13. The number of hydrogen-bond acceptors (Lipinski definition) is 4. The van der Waals surface area contributed by atoms with Gasteiger partial charge in [0.2, 0.25) is 5.88 Å². The van der Waals surface area contributed by atoms with Crippen LogP contribution in [0.2, 0.25) is 5.02 Å². The second-order valence-corrected chi connectivity index (χ2v) is 6.27. The summed E-state index contributed by atoms with van der Waals surface area (Å²) >= 11 is 5.73. The first kappa shape index (κ1) is 13.1. The molecule has 0 saturated carbocycles. The van der Waals surface area contributed by atoms with E-state index in [4.69, 9.17) is 27.0 Å². The van der Waals surface area contributed by atoms with Crippen LogP contribution in [0.3, 0.4) is 0 Å². The standard InChI is InChI=1S/C11H7Cl2NO3S/c12-8-3-5-9(6-4-8)17-11-10(18(13,15)16)2-1-7-14-11/h1-7H. The Morgan fingerprint density at radius 3 is 2.39 bits per heavy atom. The first-order valence-corrected chi connectivity index (χ1v) is 7.48. The molecule has 0 bridgehead atoms. The highest BCUT2D eigenvalue weighted by atomic mass is 35.7. The van der Waals surface area contributed by atoms with Gasteiger partial charge >= 0.3 is 0 Å². The normalized spacial score (nSPS) is 11.2. The summed E-state index contributed by atoms with van der Waals surface area (Å²) in [5.41, 5.74) is 0. The number of rotatable bonds is 3. The summed E-state index contributed by atoms with van der Waals surface area (Å²) < 4.78 is 28.0. The topological polar surface area (TPSA) is 56.3 Å². The van der Waals surface area contributed by atoms with Crippen molar-refractivity contribution >= 4 is 31.3 Å². The van der Waals surface area contributed by atoms with E-state index in [9.17, 15) is 8.42 Å². The fourth-order valence-corrected chi connectivity index (χ4v) is 2.27. The van der Waals surface area contributed by atoms with Gasteiger partial charge < -0.3 is 4.74 Å². The van der Waals surface area contributed by atoms with Crippen LogP contribution in [0.4, 0.5) is 0 Å². The second kappa shape index (κ2) is 5.14. The summed E-state index contributed by atoms with van der Waals surface area (Å²) in [6, 6.07) is 9.22. The third-order valence-corrected chi connectivity index (χ3v) is 3.61. The average Bonchev–Trinajstić information content (AvgIpc) is 2.31. The summed E-state index contributed by atoms with van der Waals surface area (Å²) in [5.74, 6) is 0.342. The van der Waals surface area contributed by atoms with Gasteiger partial charge in [-0.1, -0.05) is 11.6 Å². The number of nitrogens with zero attached hydrogens (tertiary/aromatic N) is 1. The van der Waals surface area contributed by atoms with E-state index < -0.39 is 9.05 Å². The number of pyridine rings is 1. The summed E-state index contributed by atoms with van der Waals surface area (Å²) in [5, 5.41) is 0.550. The van der Waals surface area contributed by atoms with Crippen LogP contribution in [0.15, 0.2) is 47.5 Å². The van der Waals surface area contributed by atoms with Crippen molar-refractivity contribution in [3.63, 3.8) is 0 Å². The summed E-state index contributed by atoms with van der Waals surface area (Å²) in [6.45, 7) is 0. The Hall–Kier alpha value is -1.30. The predicted molar refractivity (Wildman–Crippen MR) is 68.8 cm³/mol. The molecule has 0 N–H and O–H groups in total. The van der Waals surface area contributed by atoms with Crippen molar-refractivity contribution in [1.82, 2.24) is 4.98 Å². The Labute approximate surface area is 114 Å². The van der Waals surface area contributed by atoms with Crippen LogP contribution in [0.1, 0.15) is 0 Å². The highest BCUT2D eigenvalue weighted by molar-refractivity contribution is 8.13. The van der Waals surface area contributed by atoms with Crippen molar-refractivity contribution in [2.24, 2.45) is 0 Å². The van der Waals surface area contributed by atoms with Gasteiger partial charge in [-0.25, -0.2) is 13.4 Å². The zero-order valence-corrected chi connectivity index (χ0v) is 11.2. The first-order valence-electron chi connectivity index (χ1n) is 4.80.